The Hall–Kier alpha value is -2.36. The SMILES string of the molecule is Cc1ccc(S(=O)(=O)N(C)CC(=O)Nc2nc3ccc(F)cc3s2)cc1. The third-order valence-electron chi connectivity index (χ3n) is 3.69. The molecule has 1 N–H and O–H groups in total. The fraction of sp³-hybridized carbons (Fsp3) is 0.176. The molecule has 0 aliphatic rings. The Labute approximate surface area is 154 Å². The van der Waals surface area contributed by atoms with E-state index in [9.17, 15) is 17.6 Å². The van der Waals surface area contributed by atoms with E-state index in [0.717, 1.165) is 21.2 Å². The number of thiazole rings is 1. The van der Waals surface area contributed by atoms with Crippen molar-refractivity contribution in [3.8, 4) is 0 Å². The highest BCUT2D eigenvalue weighted by molar-refractivity contribution is 7.89. The summed E-state index contributed by atoms with van der Waals surface area (Å²) >= 11 is 1.12. The third-order valence-corrected chi connectivity index (χ3v) is 6.44. The van der Waals surface area contributed by atoms with E-state index in [1.54, 1.807) is 12.1 Å². The van der Waals surface area contributed by atoms with Crippen LogP contribution in [0.4, 0.5) is 9.52 Å². The molecule has 3 rings (SSSR count). The second-order valence-electron chi connectivity index (χ2n) is 5.75. The van der Waals surface area contributed by atoms with E-state index in [1.807, 2.05) is 6.92 Å². The van der Waals surface area contributed by atoms with Crippen molar-refractivity contribution >= 4 is 42.6 Å². The van der Waals surface area contributed by atoms with Gasteiger partial charge in [-0.25, -0.2) is 17.8 Å². The fourth-order valence-corrected chi connectivity index (χ4v) is 4.32. The number of fused-ring (bicyclic) bond motifs is 1. The lowest BCUT2D eigenvalue weighted by molar-refractivity contribution is -0.116. The predicted molar refractivity (Wildman–Crippen MR) is 99.2 cm³/mol. The van der Waals surface area contributed by atoms with Crippen LogP contribution in [0.25, 0.3) is 10.2 Å². The van der Waals surface area contributed by atoms with Crippen molar-refractivity contribution in [1.29, 1.82) is 0 Å². The number of rotatable bonds is 5. The number of nitrogens with zero attached hydrogens (tertiary/aromatic N) is 2. The summed E-state index contributed by atoms with van der Waals surface area (Å²) in [4.78, 5) is 16.5. The Kier molecular flexibility index (Phi) is 5.03. The quantitative estimate of drug-likeness (QED) is 0.723. The average molecular weight is 393 g/mol. The summed E-state index contributed by atoms with van der Waals surface area (Å²) in [6, 6.07) is 10.5. The lowest BCUT2D eigenvalue weighted by Gasteiger charge is -2.16. The summed E-state index contributed by atoms with van der Waals surface area (Å²) in [6.07, 6.45) is 0. The maximum atomic E-state index is 13.2. The van der Waals surface area contributed by atoms with Gasteiger partial charge in [-0.3, -0.25) is 4.79 Å². The molecule has 0 aliphatic carbocycles. The normalized spacial score (nSPS) is 11.8. The number of aromatic nitrogens is 1. The highest BCUT2D eigenvalue weighted by Crippen LogP contribution is 2.26. The van der Waals surface area contributed by atoms with E-state index in [-0.39, 0.29) is 22.4 Å². The van der Waals surface area contributed by atoms with Crippen LogP contribution < -0.4 is 5.32 Å². The summed E-state index contributed by atoms with van der Waals surface area (Å²) in [6.45, 7) is 1.50. The largest absolute Gasteiger partial charge is 0.301 e. The Morgan fingerprint density at radius 3 is 2.62 bits per heavy atom. The molecule has 1 aromatic heterocycles. The zero-order valence-corrected chi connectivity index (χ0v) is 15.7. The molecule has 6 nitrogen and oxygen atoms in total. The number of benzene rings is 2. The minimum atomic E-state index is -3.77. The van der Waals surface area contributed by atoms with Crippen molar-refractivity contribution in [3.63, 3.8) is 0 Å². The lowest BCUT2D eigenvalue weighted by Crippen LogP contribution is -2.34. The van der Waals surface area contributed by atoms with Crippen LogP contribution >= 0.6 is 11.3 Å². The third kappa shape index (κ3) is 3.90. The number of carbonyl (C=O) groups is 1. The highest BCUT2D eigenvalue weighted by atomic mass is 32.2. The van der Waals surface area contributed by atoms with Gasteiger partial charge in [-0.15, -0.1) is 0 Å². The summed E-state index contributed by atoms with van der Waals surface area (Å²) < 4.78 is 39.8. The first-order chi connectivity index (χ1) is 12.3. The number of halogens is 1. The number of hydrogen-bond donors (Lipinski definition) is 1. The number of hydrogen-bond acceptors (Lipinski definition) is 5. The monoisotopic (exact) mass is 393 g/mol. The number of anilines is 1. The molecule has 0 radical (unpaired) electrons. The van der Waals surface area contributed by atoms with Gasteiger partial charge in [-0.05, 0) is 37.3 Å². The van der Waals surface area contributed by atoms with Crippen molar-refractivity contribution in [1.82, 2.24) is 9.29 Å². The van der Waals surface area contributed by atoms with Gasteiger partial charge in [0, 0.05) is 7.05 Å². The predicted octanol–water partition coefficient (Wildman–Crippen LogP) is 3.00. The van der Waals surface area contributed by atoms with Crippen LogP contribution in [0, 0.1) is 12.7 Å². The Bertz CT molecular complexity index is 1060. The second-order valence-corrected chi connectivity index (χ2v) is 8.83. The first kappa shape index (κ1) is 18.4. The first-order valence-electron chi connectivity index (χ1n) is 7.64. The van der Waals surface area contributed by atoms with Crippen LogP contribution in [0.3, 0.4) is 0 Å². The number of carbonyl (C=O) groups excluding carboxylic acids is 1. The van der Waals surface area contributed by atoms with Crippen molar-refractivity contribution in [3.05, 3.63) is 53.8 Å². The average Bonchev–Trinajstić information content (AvgIpc) is 2.96. The van der Waals surface area contributed by atoms with E-state index in [1.165, 1.54) is 37.4 Å². The van der Waals surface area contributed by atoms with E-state index >= 15 is 0 Å². The molecule has 1 heterocycles. The molecule has 3 aromatic rings. The van der Waals surface area contributed by atoms with Crippen LogP contribution in [0.5, 0.6) is 0 Å². The topological polar surface area (TPSA) is 79.4 Å². The van der Waals surface area contributed by atoms with E-state index in [4.69, 9.17) is 0 Å². The number of likely N-dealkylation sites (N-methyl/N-ethyl adjacent to an activating group) is 1. The van der Waals surface area contributed by atoms with Gasteiger partial charge in [-0.1, -0.05) is 29.0 Å². The number of nitrogens with one attached hydrogen (secondary N) is 1. The molecule has 9 heteroatoms. The molecule has 0 unspecified atom stereocenters. The van der Waals surface area contributed by atoms with Crippen LogP contribution in [0.2, 0.25) is 0 Å². The molecular formula is C17H16FN3O3S2. The van der Waals surface area contributed by atoms with Gasteiger partial charge in [0.1, 0.15) is 5.82 Å². The molecule has 0 bridgehead atoms. The number of sulfonamides is 1. The van der Waals surface area contributed by atoms with E-state index in [0.29, 0.717) is 10.2 Å². The van der Waals surface area contributed by atoms with Crippen molar-refractivity contribution < 1.29 is 17.6 Å². The minimum absolute atomic E-state index is 0.119. The second kappa shape index (κ2) is 7.10. The van der Waals surface area contributed by atoms with Crippen molar-refractivity contribution in [2.24, 2.45) is 0 Å². The summed E-state index contributed by atoms with van der Waals surface area (Å²) in [5.41, 5.74) is 1.50. The van der Waals surface area contributed by atoms with Crippen LogP contribution in [-0.4, -0.2) is 37.2 Å². The lowest BCUT2D eigenvalue weighted by atomic mass is 10.2. The van der Waals surface area contributed by atoms with Gasteiger partial charge < -0.3 is 5.32 Å². The molecule has 0 saturated carbocycles. The first-order valence-corrected chi connectivity index (χ1v) is 9.90. The maximum Gasteiger partial charge on any atom is 0.243 e. The Morgan fingerprint density at radius 2 is 1.92 bits per heavy atom. The van der Waals surface area contributed by atoms with Gasteiger partial charge >= 0.3 is 0 Å². The maximum absolute atomic E-state index is 13.2. The highest BCUT2D eigenvalue weighted by Gasteiger charge is 2.23. The zero-order valence-electron chi connectivity index (χ0n) is 14.1. The Morgan fingerprint density at radius 1 is 1.23 bits per heavy atom. The molecule has 0 aliphatic heterocycles. The van der Waals surface area contributed by atoms with Gasteiger partial charge in [0.05, 0.1) is 21.7 Å². The van der Waals surface area contributed by atoms with Crippen LogP contribution in [-0.2, 0) is 14.8 Å². The summed E-state index contributed by atoms with van der Waals surface area (Å²) in [7, 11) is -2.43. The molecule has 0 atom stereocenters. The van der Waals surface area contributed by atoms with Gasteiger partial charge in [0.15, 0.2) is 5.13 Å². The van der Waals surface area contributed by atoms with E-state index < -0.39 is 15.9 Å². The van der Waals surface area contributed by atoms with Crippen molar-refractivity contribution in [2.75, 3.05) is 18.9 Å². The molecule has 1 amide bonds. The Balaban J connectivity index is 1.71. The summed E-state index contributed by atoms with van der Waals surface area (Å²) in [5.74, 6) is -0.911. The van der Waals surface area contributed by atoms with E-state index in [2.05, 4.69) is 10.3 Å². The molecule has 0 spiro atoms. The van der Waals surface area contributed by atoms with Crippen LogP contribution in [0.1, 0.15) is 5.56 Å². The molecule has 136 valence electrons. The fourth-order valence-electron chi connectivity index (χ4n) is 2.29. The number of amides is 1. The number of aryl methyl sites for hydroxylation is 1. The van der Waals surface area contributed by atoms with Crippen LogP contribution in [0.15, 0.2) is 47.4 Å². The smallest absolute Gasteiger partial charge is 0.243 e. The van der Waals surface area contributed by atoms with Crippen molar-refractivity contribution in [2.45, 2.75) is 11.8 Å². The van der Waals surface area contributed by atoms with Gasteiger partial charge in [0.25, 0.3) is 0 Å². The van der Waals surface area contributed by atoms with Gasteiger partial charge in [-0.2, -0.15) is 4.31 Å². The van der Waals surface area contributed by atoms with Gasteiger partial charge in [0.2, 0.25) is 15.9 Å². The standard InChI is InChI=1S/C17H16FN3O3S2/c1-11-3-6-13(7-4-11)26(23,24)21(2)10-16(22)20-17-19-14-8-5-12(18)9-15(14)25-17/h3-9H,10H2,1-2H3,(H,19,20,22). The molecular weight excluding hydrogens is 377 g/mol. The molecule has 0 fully saturated rings. The zero-order chi connectivity index (χ0) is 18.9. The summed E-state index contributed by atoms with van der Waals surface area (Å²) in [5, 5.41) is 2.84. The minimum Gasteiger partial charge on any atom is -0.301 e. The molecule has 0 saturated heterocycles. The molecule has 2 aromatic carbocycles. The molecule has 26 heavy (non-hydrogen) atoms.